The lowest BCUT2D eigenvalue weighted by Crippen LogP contribution is -2.38. The number of carbonyl (C=O) groups is 1. The van der Waals surface area contributed by atoms with Gasteiger partial charge in [0.05, 0.1) is 5.69 Å². The summed E-state index contributed by atoms with van der Waals surface area (Å²) in [6, 6.07) is 0. The summed E-state index contributed by atoms with van der Waals surface area (Å²) < 4.78 is 5.40. The molecule has 5 heteroatoms. The molecule has 0 unspecified atom stereocenters. The number of nitrogens with one attached hydrogen (secondary N) is 1. The Morgan fingerprint density at radius 3 is 2.45 bits per heavy atom. The lowest BCUT2D eigenvalue weighted by molar-refractivity contribution is 0.0258. The maximum Gasteiger partial charge on any atom is 0.410 e. The van der Waals surface area contributed by atoms with Gasteiger partial charge in [-0.25, -0.2) is 4.79 Å². The zero-order chi connectivity index (χ0) is 15.3. The van der Waals surface area contributed by atoms with Gasteiger partial charge in [0.25, 0.3) is 0 Å². The first-order valence-corrected chi connectivity index (χ1v) is 7.37. The van der Waals surface area contributed by atoms with Crippen LogP contribution >= 0.6 is 0 Å². The molecule has 0 atom stereocenters. The number of amides is 1. The Balaban J connectivity index is 0.000000956. The van der Waals surface area contributed by atoms with Crippen LogP contribution < -0.4 is 0 Å². The Morgan fingerprint density at radius 2 is 1.85 bits per heavy atom. The average Bonchev–Trinajstić information content (AvgIpc) is 2.61. The molecule has 2 rings (SSSR count). The molecule has 114 valence electrons. The van der Waals surface area contributed by atoms with Crippen LogP contribution in [0.5, 0.6) is 0 Å². The number of nitrogens with zero attached hydrogens (tertiary/aromatic N) is 2. The number of hydrogen-bond acceptors (Lipinski definition) is 3. The minimum absolute atomic E-state index is 0.228. The molecular formula is C15H27N3O2. The molecule has 0 saturated carbocycles. The second-order valence-electron chi connectivity index (χ2n) is 5.74. The molecular weight excluding hydrogens is 254 g/mol. The normalized spacial score (nSPS) is 14.8. The zero-order valence-corrected chi connectivity index (χ0v) is 13.5. The minimum Gasteiger partial charge on any atom is -0.444 e. The van der Waals surface area contributed by atoms with Crippen molar-refractivity contribution in [2.75, 3.05) is 13.1 Å². The number of aromatic nitrogens is 2. The topological polar surface area (TPSA) is 58.2 Å². The molecule has 20 heavy (non-hydrogen) atoms. The van der Waals surface area contributed by atoms with Crippen molar-refractivity contribution < 1.29 is 9.53 Å². The van der Waals surface area contributed by atoms with Crippen LogP contribution in [-0.4, -0.2) is 39.9 Å². The van der Waals surface area contributed by atoms with Crippen LogP contribution in [0.1, 0.15) is 51.6 Å². The van der Waals surface area contributed by atoms with Crippen LogP contribution in [0.25, 0.3) is 0 Å². The van der Waals surface area contributed by atoms with Gasteiger partial charge >= 0.3 is 6.09 Å². The monoisotopic (exact) mass is 281 g/mol. The average molecular weight is 281 g/mol. The van der Waals surface area contributed by atoms with E-state index in [-0.39, 0.29) is 6.09 Å². The molecule has 0 aliphatic carbocycles. The fourth-order valence-corrected chi connectivity index (χ4v) is 2.15. The quantitative estimate of drug-likeness (QED) is 0.795. The largest absolute Gasteiger partial charge is 0.444 e. The van der Waals surface area contributed by atoms with Crippen molar-refractivity contribution in [1.29, 1.82) is 0 Å². The third-order valence-electron chi connectivity index (χ3n) is 3.06. The van der Waals surface area contributed by atoms with Crippen LogP contribution in [-0.2, 0) is 17.6 Å². The Hall–Kier alpha value is -1.52. The van der Waals surface area contributed by atoms with Crippen LogP contribution in [0, 0.1) is 6.92 Å². The summed E-state index contributed by atoms with van der Waals surface area (Å²) in [6.45, 7) is 13.1. The summed E-state index contributed by atoms with van der Waals surface area (Å²) >= 11 is 0. The number of ether oxygens (including phenoxy) is 1. The van der Waals surface area contributed by atoms with Crippen molar-refractivity contribution in [2.45, 2.75) is 60.0 Å². The van der Waals surface area contributed by atoms with Crippen LogP contribution in [0.3, 0.4) is 0 Å². The number of rotatable bonds is 0. The Labute approximate surface area is 121 Å². The summed E-state index contributed by atoms with van der Waals surface area (Å²) in [5.74, 6) is 0. The van der Waals surface area contributed by atoms with Crippen molar-refractivity contribution >= 4 is 6.09 Å². The molecule has 0 radical (unpaired) electrons. The lowest BCUT2D eigenvalue weighted by Gasteiger charge is -2.26. The zero-order valence-electron chi connectivity index (χ0n) is 13.5. The van der Waals surface area contributed by atoms with E-state index in [9.17, 15) is 4.79 Å². The van der Waals surface area contributed by atoms with E-state index in [2.05, 4.69) is 10.2 Å². The third kappa shape index (κ3) is 4.25. The summed E-state index contributed by atoms with van der Waals surface area (Å²) in [4.78, 5) is 13.8. The van der Waals surface area contributed by atoms with Gasteiger partial charge in [-0.2, -0.15) is 5.10 Å². The highest BCUT2D eigenvalue weighted by Gasteiger charge is 2.25. The molecule has 1 amide bonds. The fourth-order valence-electron chi connectivity index (χ4n) is 2.15. The van der Waals surface area contributed by atoms with Gasteiger partial charge in [-0.05, 0) is 39.7 Å². The summed E-state index contributed by atoms with van der Waals surface area (Å²) in [7, 11) is 0. The predicted octanol–water partition coefficient (Wildman–Crippen LogP) is 3.08. The number of fused-ring (bicyclic) bond motifs is 1. The first-order chi connectivity index (χ1) is 9.37. The van der Waals surface area contributed by atoms with Gasteiger partial charge < -0.3 is 9.64 Å². The van der Waals surface area contributed by atoms with Gasteiger partial charge in [0.1, 0.15) is 5.60 Å². The van der Waals surface area contributed by atoms with Gasteiger partial charge in [-0.1, -0.05) is 13.8 Å². The molecule has 1 N–H and O–H groups in total. The smallest absolute Gasteiger partial charge is 0.410 e. The second-order valence-corrected chi connectivity index (χ2v) is 5.74. The first kappa shape index (κ1) is 16.5. The highest BCUT2D eigenvalue weighted by Crippen LogP contribution is 2.18. The highest BCUT2D eigenvalue weighted by atomic mass is 16.6. The van der Waals surface area contributed by atoms with E-state index in [4.69, 9.17) is 4.74 Å². The summed E-state index contributed by atoms with van der Waals surface area (Å²) in [6.07, 6.45) is 1.41. The molecule has 0 bridgehead atoms. The van der Waals surface area contributed by atoms with Gasteiger partial charge in [0.2, 0.25) is 0 Å². The van der Waals surface area contributed by atoms with E-state index in [0.29, 0.717) is 13.1 Å². The van der Waals surface area contributed by atoms with Crippen molar-refractivity contribution in [1.82, 2.24) is 15.1 Å². The molecule has 1 aliphatic heterocycles. The van der Waals surface area contributed by atoms with Crippen molar-refractivity contribution in [3.63, 3.8) is 0 Å². The number of carbonyl (C=O) groups excluding carboxylic acids is 1. The maximum atomic E-state index is 12.0. The van der Waals surface area contributed by atoms with E-state index < -0.39 is 5.60 Å². The van der Waals surface area contributed by atoms with E-state index in [0.717, 1.165) is 24.2 Å². The molecule has 0 saturated heterocycles. The maximum absolute atomic E-state index is 12.0. The number of aromatic amines is 1. The molecule has 1 aromatic rings. The molecule has 2 heterocycles. The Kier molecular flexibility index (Phi) is 5.60. The molecule has 0 spiro atoms. The second kappa shape index (κ2) is 6.77. The third-order valence-corrected chi connectivity index (χ3v) is 3.06. The SMILES string of the molecule is CC.Cc1[nH]nc2c1CCN(C(=O)OC(C)(C)C)CC2. The molecule has 1 aromatic heterocycles. The van der Waals surface area contributed by atoms with Gasteiger partial charge in [0, 0.05) is 25.2 Å². The summed E-state index contributed by atoms with van der Waals surface area (Å²) in [5.41, 5.74) is 3.00. The van der Waals surface area contributed by atoms with Gasteiger partial charge in [0.15, 0.2) is 0 Å². The molecule has 0 fully saturated rings. The van der Waals surface area contributed by atoms with Crippen LogP contribution in [0.15, 0.2) is 0 Å². The van der Waals surface area contributed by atoms with E-state index >= 15 is 0 Å². The standard InChI is InChI=1S/C13H21N3O2.C2H6/c1-9-10-5-7-16(8-6-11(10)15-14-9)12(17)18-13(2,3)4;1-2/h5-8H2,1-4H3,(H,14,15);1-2H3. The number of H-pyrrole nitrogens is 1. The van der Waals surface area contributed by atoms with Crippen molar-refractivity contribution in [3.8, 4) is 0 Å². The summed E-state index contributed by atoms with van der Waals surface area (Å²) in [5, 5.41) is 7.29. The van der Waals surface area contributed by atoms with Crippen molar-refractivity contribution in [2.24, 2.45) is 0 Å². The van der Waals surface area contributed by atoms with Gasteiger partial charge in [-0.3, -0.25) is 5.10 Å². The Morgan fingerprint density at radius 1 is 1.25 bits per heavy atom. The predicted molar refractivity (Wildman–Crippen MR) is 79.9 cm³/mol. The fraction of sp³-hybridized carbons (Fsp3) is 0.733. The first-order valence-electron chi connectivity index (χ1n) is 7.37. The van der Waals surface area contributed by atoms with Crippen LogP contribution in [0.4, 0.5) is 4.79 Å². The van der Waals surface area contributed by atoms with E-state index in [1.54, 1.807) is 4.90 Å². The van der Waals surface area contributed by atoms with Crippen LogP contribution in [0.2, 0.25) is 0 Å². The van der Waals surface area contributed by atoms with E-state index in [1.807, 2.05) is 41.5 Å². The minimum atomic E-state index is -0.437. The molecule has 0 aromatic carbocycles. The lowest BCUT2D eigenvalue weighted by atomic mass is 10.1. The Bertz CT molecular complexity index is 446. The highest BCUT2D eigenvalue weighted by molar-refractivity contribution is 5.68. The number of aryl methyl sites for hydroxylation is 1. The van der Waals surface area contributed by atoms with Gasteiger partial charge in [-0.15, -0.1) is 0 Å². The van der Waals surface area contributed by atoms with E-state index in [1.165, 1.54) is 5.56 Å². The number of hydrogen-bond donors (Lipinski definition) is 1. The van der Waals surface area contributed by atoms with Crippen molar-refractivity contribution in [3.05, 3.63) is 17.0 Å². The molecule has 1 aliphatic rings. The molecule has 5 nitrogen and oxygen atoms in total.